The van der Waals surface area contributed by atoms with Crippen LogP contribution >= 0.6 is 0 Å². The summed E-state index contributed by atoms with van der Waals surface area (Å²) in [5, 5.41) is 0. The summed E-state index contributed by atoms with van der Waals surface area (Å²) in [6.45, 7) is 6.27. The molecule has 0 rings (SSSR count). The van der Waals surface area contributed by atoms with Crippen molar-refractivity contribution in [1.29, 1.82) is 0 Å². The highest BCUT2D eigenvalue weighted by Crippen LogP contribution is 2.06. The first-order chi connectivity index (χ1) is 5.16. The van der Waals surface area contributed by atoms with Crippen LogP contribution in [-0.4, -0.2) is 6.04 Å². The normalized spacial score (nSPS) is 12.5. The van der Waals surface area contributed by atoms with E-state index in [-0.39, 0.29) is 0 Å². The highest BCUT2D eigenvalue weighted by Gasteiger charge is 2.03. The van der Waals surface area contributed by atoms with Gasteiger partial charge in [0.05, 0.1) is 0 Å². The molecule has 0 heterocycles. The molecule has 1 nitrogen and oxygen atoms in total. The highest BCUT2D eigenvalue weighted by molar-refractivity contribution is 4.95. The SMILES string of the molecule is CC#CCCC(N)CC(C)C. The lowest BCUT2D eigenvalue weighted by molar-refractivity contribution is 0.477. The van der Waals surface area contributed by atoms with Gasteiger partial charge in [-0.2, -0.15) is 0 Å². The van der Waals surface area contributed by atoms with Gasteiger partial charge in [-0.3, -0.25) is 0 Å². The average molecular weight is 153 g/mol. The summed E-state index contributed by atoms with van der Waals surface area (Å²) >= 11 is 0. The molecule has 2 N–H and O–H groups in total. The minimum atomic E-state index is 0.343. The van der Waals surface area contributed by atoms with Crippen molar-refractivity contribution in [3.8, 4) is 11.8 Å². The largest absolute Gasteiger partial charge is 0.328 e. The Kier molecular flexibility index (Phi) is 5.97. The molecule has 0 aromatic carbocycles. The van der Waals surface area contributed by atoms with E-state index in [1.807, 2.05) is 6.92 Å². The minimum absolute atomic E-state index is 0.343. The fourth-order valence-electron chi connectivity index (χ4n) is 1.11. The van der Waals surface area contributed by atoms with Crippen LogP contribution < -0.4 is 5.73 Å². The maximum Gasteiger partial charge on any atom is 0.0103 e. The van der Waals surface area contributed by atoms with Gasteiger partial charge in [0.25, 0.3) is 0 Å². The van der Waals surface area contributed by atoms with Gasteiger partial charge in [0, 0.05) is 12.5 Å². The van der Waals surface area contributed by atoms with Crippen molar-refractivity contribution >= 4 is 0 Å². The molecular weight excluding hydrogens is 134 g/mol. The van der Waals surface area contributed by atoms with Crippen LogP contribution in [0.25, 0.3) is 0 Å². The van der Waals surface area contributed by atoms with Gasteiger partial charge in [0.2, 0.25) is 0 Å². The summed E-state index contributed by atoms with van der Waals surface area (Å²) in [6, 6.07) is 0.343. The van der Waals surface area contributed by atoms with Crippen molar-refractivity contribution in [2.24, 2.45) is 11.7 Å². The molecule has 0 aliphatic carbocycles. The molecule has 0 amide bonds. The van der Waals surface area contributed by atoms with Gasteiger partial charge in [-0.15, -0.1) is 11.8 Å². The average Bonchev–Trinajstić information content (AvgIpc) is 1.86. The maximum absolute atomic E-state index is 5.85. The number of rotatable bonds is 4. The molecule has 1 heteroatoms. The van der Waals surface area contributed by atoms with Crippen molar-refractivity contribution in [3.05, 3.63) is 0 Å². The molecule has 0 aliphatic rings. The Labute approximate surface area is 70.4 Å². The molecular formula is C10H19N. The topological polar surface area (TPSA) is 26.0 Å². The van der Waals surface area contributed by atoms with Crippen LogP contribution in [0.15, 0.2) is 0 Å². The lowest BCUT2D eigenvalue weighted by Gasteiger charge is -2.11. The molecule has 0 radical (unpaired) electrons. The van der Waals surface area contributed by atoms with E-state index in [4.69, 9.17) is 5.73 Å². The monoisotopic (exact) mass is 153 g/mol. The van der Waals surface area contributed by atoms with Crippen molar-refractivity contribution < 1.29 is 0 Å². The lowest BCUT2D eigenvalue weighted by atomic mass is 10.0. The van der Waals surface area contributed by atoms with Crippen LogP contribution in [0, 0.1) is 17.8 Å². The Balaban J connectivity index is 3.34. The second-order valence-corrected chi connectivity index (χ2v) is 3.36. The van der Waals surface area contributed by atoms with Gasteiger partial charge < -0.3 is 5.73 Å². The van der Waals surface area contributed by atoms with Crippen LogP contribution in [0.1, 0.15) is 40.0 Å². The van der Waals surface area contributed by atoms with E-state index in [2.05, 4.69) is 25.7 Å². The van der Waals surface area contributed by atoms with Crippen LogP contribution in [0.2, 0.25) is 0 Å². The summed E-state index contributed by atoms with van der Waals surface area (Å²) in [4.78, 5) is 0. The fourth-order valence-corrected chi connectivity index (χ4v) is 1.11. The zero-order valence-electron chi connectivity index (χ0n) is 7.85. The Morgan fingerprint density at radius 3 is 2.45 bits per heavy atom. The molecule has 1 atom stereocenters. The second kappa shape index (κ2) is 6.24. The summed E-state index contributed by atoms with van der Waals surface area (Å²) in [7, 11) is 0. The van der Waals surface area contributed by atoms with Crippen LogP contribution in [0.5, 0.6) is 0 Å². The lowest BCUT2D eigenvalue weighted by Crippen LogP contribution is -2.21. The minimum Gasteiger partial charge on any atom is -0.328 e. The van der Waals surface area contributed by atoms with E-state index in [0.717, 1.165) is 19.3 Å². The first kappa shape index (κ1) is 10.5. The standard InChI is InChI=1S/C10H19N/c1-4-5-6-7-10(11)8-9(2)3/h9-10H,6-8,11H2,1-3H3. The number of nitrogens with two attached hydrogens (primary N) is 1. The summed E-state index contributed by atoms with van der Waals surface area (Å²) in [5.74, 6) is 6.60. The van der Waals surface area contributed by atoms with Gasteiger partial charge in [-0.1, -0.05) is 13.8 Å². The third-order valence-electron chi connectivity index (χ3n) is 1.59. The van der Waals surface area contributed by atoms with E-state index in [9.17, 15) is 0 Å². The maximum atomic E-state index is 5.85. The summed E-state index contributed by atoms with van der Waals surface area (Å²) < 4.78 is 0. The quantitative estimate of drug-likeness (QED) is 0.615. The molecule has 0 aliphatic heterocycles. The molecule has 64 valence electrons. The predicted octanol–water partition coefficient (Wildman–Crippen LogP) is 2.16. The molecule has 11 heavy (non-hydrogen) atoms. The van der Waals surface area contributed by atoms with E-state index in [1.54, 1.807) is 0 Å². The van der Waals surface area contributed by atoms with Crippen molar-refractivity contribution in [3.63, 3.8) is 0 Å². The van der Waals surface area contributed by atoms with Crippen molar-refractivity contribution in [2.45, 2.75) is 46.1 Å². The molecule has 0 saturated heterocycles. The number of hydrogen-bond donors (Lipinski definition) is 1. The van der Waals surface area contributed by atoms with Crippen molar-refractivity contribution in [2.75, 3.05) is 0 Å². The smallest absolute Gasteiger partial charge is 0.0103 e. The second-order valence-electron chi connectivity index (χ2n) is 3.36. The first-order valence-electron chi connectivity index (χ1n) is 4.32. The Bertz CT molecular complexity index is 139. The fraction of sp³-hybridized carbons (Fsp3) is 0.800. The molecule has 1 unspecified atom stereocenters. The molecule has 0 spiro atoms. The van der Waals surface area contributed by atoms with Crippen LogP contribution in [-0.2, 0) is 0 Å². The van der Waals surface area contributed by atoms with Gasteiger partial charge in [-0.05, 0) is 25.7 Å². The van der Waals surface area contributed by atoms with Crippen LogP contribution in [0.3, 0.4) is 0 Å². The van der Waals surface area contributed by atoms with Gasteiger partial charge in [0.15, 0.2) is 0 Å². The summed E-state index contributed by atoms with van der Waals surface area (Å²) in [5.41, 5.74) is 5.85. The third-order valence-corrected chi connectivity index (χ3v) is 1.59. The number of hydrogen-bond acceptors (Lipinski definition) is 1. The molecule has 0 fully saturated rings. The molecule has 0 aromatic rings. The molecule has 0 saturated carbocycles. The Morgan fingerprint density at radius 2 is 2.00 bits per heavy atom. The Hall–Kier alpha value is -0.480. The van der Waals surface area contributed by atoms with Gasteiger partial charge in [0.1, 0.15) is 0 Å². The van der Waals surface area contributed by atoms with Gasteiger partial charge in [-0.25, -0.2) is 0 Å². The van der Waals surface area contributed by atoms with E-state index >= 15 is 0 Å². The third kappa shape index (κ3) is 7.42. The predicted molar refractivity (Wildman–Crippen MR) is 50.1 cm³/mol. The Morgan fingerprint density at radius 1 is 1.36 bits per heavy atom. The first-order valence-corrected chi connectivity index (χ1v) is 4.32. The van der Waals surface area contributed by atoms with Crippen LogP contribution in [0.4, 0.5) is 0 Å². The zero-order valence-corrected chi connectivity index (χ0v) is 7.85. The molecule has 0 bridgehead atoms. The summed E-state index contributed by atoms with van der Waals surface area (Å²) in [6.07, 6.45) is 3.11. The van der Waals surface area contributed by atoms with E-state index in [1.165, 1.54) is 0 Å². The zero-order chi connectivity index (χ0) is 8.69. The van der Waals surface area contributed by atoms with Crippen molar-refractivity contribution in [1.82, 2.24) is 0 Å². The highest BCUT2D eigenvalue weighted by atomic mass is 14.6. The van der Waals surface area contributed by atoms with Gasteiger partial charge >= 0.3 is 0 Å². The van der Waals surface area contributed by atoms with E-state index < -0.39 is 0 Å². The van der Waals surface area contributed by atoms with E-state index in [0.29, 0.717) is 12.0 Å². The molecule has 0 aromatic heterocycles.